The Hall–Kier alpha value is -2.45. The molecule has 1 aromatic carbocycles. The number of amides is 2. The number of hydrogen-bond donors (Lipinski definition) is 0. The van der Waals surface area contributed by atoms with Crippen molar-refractivity contribution in [3.63, 3.8) is 0 Å². The number of benzene rings is 1. The maximum atomic E-state index is 12.6. The number of carbonyl (C=O) groups excluding carboxylic acids is 2. The minimum atomic E-state index is 0.0565. The maximum Gasteiger partial charge on any atom is 0.236 e. The molecule has 3 rings (SSSR count). The number of aromatic nitrogens is 1. The molecule has 1 saturated heterocycles. The number of likely N-dealkylation sites (N-methyl/N-ethyl adjacent to an activating group) is 1. The van der Waals surface area contributed by atoms with Gasteiger partial charge >= 0.3 is 0 Å². The lowest BCUT2D eigenvalue weighted by Gasteiger charge is -2.35. The fourth-order valence-electron chi connectivity index (χ4n) is 3.12. The third-order valence-electron chi connectivity index (χ3n) is 4.75. The second-order valence-corrected chi connectivity index (χ2v) is 8.45. The summed E-state index contributed by atoms with van der Waals surface area (Å²) in [5, 5.41) is 2.77. The van der Waals surface area contributed by atoms with Gasteiger partial charge in [-0.2, -0.15) is 0 Å². The van der Waals surface area contributed by atoms with Crippen LogP contribution in [0.2, 0.25) is 0 Å². The van der Waals surface area contributed by atoms with E-state index in [9.17, 15) is 9.59 Å². The quantitative estimate of drug-likeness (QED) is 0.689. The van der Waals surface area contributed by atoms with E-state index in [0.29, 0.717) is 39.3 Å². The lowest BCUT2D eigenvalue weighted by Crippen LogP contribution is -2.52. The van der Waals surface area contributed by atoms with Crippen molar-refractivity contribution in [1.29, 1.82) is 0 Å². The molecule has 1 fully saturated rings. The van der Waals surface area contributed by atoms with Gasteiger partial charge in [0.15, 0.2) is 0 Å². The Bertz CT molecular complexity index is 827. The van der Waals surface area contributed by atoms with Crippen molar-refractivity contribution < 1.29 is 14.3 Å². The van der Waals surface area contributed by atoms with Crippen LogP contribution in [0.25, 0.3) is 0 Å². The molecule has 0 saturated carbocycles. The second-order valence-electron chi connectivity index (χ2n) is 7.51. The number of nitrogens with zero attached hydrogens (tertiary/aromatic N) is 4. The van der Waals surface area contributed by atoms with Crippen LogP contribution in [0.15, 0.2) is 29.6 Å². The van der Waals surface area contributed by atoms with Crippen molar-refractivity contribution in [3.05, 3.63) is 45.9 Å². The number of rotatable bonds is 7. The molecule has 0 atom stereocenters. The van der Waals surface area contributed by atoms with Gasteiger partial charge in [0, 0.05) is 31.6 Å². The second kappa shape index (κ2) is 9.84. The first-order chi connectivity index (χ1) is 13.9. The van der Waals surface area contributed by atoms with E-state index in [1.165, 1.54) is 16.9 Å². The average molecular weight is 417 g/mol. The Morgan fingerprint density at radius 1 is 1.07 bits per heavy atom. The third-order valence-corrected chi connectivity index (χ3v) is 5.62. The van der Waals surface area contributed by atoms with E-state index >= 15 is 0 Å². The first-order valence-electron chi connectivity index (χ1n) is 9.74. The number of carbonyl (C=O) groups is 2. The van der Waals surface area contributed by atoms with E-state index in [2.05, 4.69) is 4.98 Å². The molecule has 156 valence electrons. The van der Waals surface area contributed by atoms with Crippen molar-refractivity contribution in [1.82, 2.24) is 19.7 Å². The summed E-state index contributed by atoms with van der Waals surface area (Å²) in [6.45, 7) is 5.16. The molecule has 0 bridgehead atoms. The summed E-state index contributed by atoms with van der Waals surface area (Å²) in [6.07, 6.45) is 0.284. The van der Waals surface area contributed by atoms with E-state index in [4.69, 9.17) is 4.74 Å². The first-order valence-corrected chi connectivity index (χ1v) is 10.6. The fraction of sp³-hybridized carbons (Fsp3) is 0.476. The summed E-state index contributed by atoms with van der Waals surface area (Å²) >= 11 is 1.51. The smallest absolute Gasteiger partial charge is 0.236 e. The van der Waals surface area contributed by atoms with Gasteiger partial charge in [-0.1, -0.05) is 17.7 Å². The highest BCUT2D eigenvalue weighted by atomic mass is 32.1. The predicted molar refractivity (Wildman–Crippen MR) is 113 cm³/mol. The molecule has 0 spiro atoms. The van der Waals surface area contributed by atoms with Crippen LogP contribution in [0.5, 0.6) is 5.75 Å². The maximum absolute atomic E-state index is 12.6. The van der Waals surface area contributed by atoms with Gasteiger partial charge in [0.25, 0.3) is 0 Å². The van der Waals surface area contributed by atoms with Gasteiger partial charge in [-0.15, -0.1) is 11.3 Å². The van der Waals surface area contributed by atoms with Crippen LogP contribution in [0.4, 0.5) is 0 Å². The van der Waals surface area contributed by atoms with Crippen molar-refractivity contribution in [2.75, 3.05) is 46.8 Å². The summed E-state index contributed by atoms with van der Waals surface area (Å²) < 4.78 is 5.75. The van der Waals surface area contributed by atoms with Crippen molar-refractivity contribution in [3.8, 4) is 5.75 Å². The van der Waals surface area contributed by atoms with Crippen LogP contribution in [-0.4, -0.2) is 78.3 Å². The minimum Gasteiger partial charge on any atom is -0.486 e. The van der Waals surface area contributed by atoms with E-state index < -0.39 is 0 Å². The normalized spacial score (nSPS) is 14.3. The number of piperazine rings is 1. The van der Waals surface area contributed by atoms with Gasteiger partial charge in [0.2, 0.25) is 11.8 Å². The zero-order chi connectivity index (χ0) is 20.8. The van der Waals surface area contributed by atoms with Crippen molar-refractivity contribution in [2.45, 2.75) is 20.0 Å². The molecular weight excluding hydrogens is 388 g/mol. The molecule has 0 N–H and O–H groups in total. The number of aryl methyl sites for hydroxylation is 1. The largest absolute Gasteiger partial charge is 0.486 e. The third kappa shape index (κ3) is 6.27. The molecule has 1 aliphatic rings. The summed E-state index contributed by atoms with van der Waals surface area (Å²) in [7, 11) is 3.76. The van der Waals surface area contributed by atoms with Crippen LogP contribution in [-0.2, 0) is 22.6 Å². The molecule has 0 radical (unpaired) electrons. The highest BCUT2D eigenvalue weighted by Crippen LogP contribution is 2.17. The highest BCUT2D eigenvalue weighted by molar-refractivity contribution is 7.09. The van der Waals surface area contributed by atoms with E-state index in [0.717, 1.165) is 16.5 Å². The van der Waals surface area contributed by atoms with Crippen LogP contribution in [0.1, 0.15) is 16.3 Å². The summed E-state index contributed by atoms with van der Waals surface area (Å²) in [6, 6.07) is 7.90. The Kier molecular flexibility index (Phi) is 7.22. The summed E-state index contributed by atoms with van der Waals surface area (Å²) in [5.74, 6) is 0.978. The first kappa shape index (κ1) is 21.3. The van der Waals surface area contributed by atoms with Crippen LogP contribution in [0, 0.1) is 6.92 Å². The lowest BCUT2D eigenvalue weighted by atomic mass is 10.2. The highest BCUT2D eigenvalue weighted by Gasteiger charge is 2.24. The van der Waals surface area contributed by atoms with Crippen LogP contribution in [0.3, 0.4) is 0 Å². The molecule has 7 nitrogen and oxygen atoms in total. The molecular formula is C21H28N4O3S. The Morgan fingerprint density at radius 2 is 1.69 bits per heavy atom. The van der Waals surface area contributed by atoms with Crippen LogP contribution < -0.4 is 4.74 Å². The standard InChI is InChI=1S/C21H28N4O3S/c1-16-4-6-18(7-5-16)28-14-19-22-17(15-29-19)12-20(26)24-8-10-25(11-9-24)21(27)13-23(2)3/h4-7,15H,8-14H2,1-3H3. The minimum absolute atomic E-state index is 0.0565. The SMILES string of the molecule is Cc1ccc(OCc2nc(CC(=O)N3CCN(C(=O)CN(C)C)CC3)cs2)cc1. The average Bonchev–Trinajstić information content (AvgIpc) is 3.14. The van der Waals surface area contributed by atoms with Crippen molar-refractivity contribution >= 4 is 23.2 Å². The lowest BCUT2D eigenvalue weighted by molar-refractivity contribution is -0.139. The number of thiazole rings is 1. The Balaban J connectivity index is 1.44. The topological polar surface area (TPSA) is 66.0 Å². The Labute approximate surface area is 175 Å². The molecule has 2 aromatic rings. The van der Waals surface area contributed by atoms with E-state index in [1.807, 2.05) is 65.4 Å². The predicted octanol–water partition coefficient (Wildman–Crippen LogP) is 1.81. The molecule has 29 heavy (non-hydrogen) atoms. The number of ether oxygens (including phenoxy) is 1. The molecule has 2 amide bonds. The summed E-state index contributed by atoms with van der Waals surface area (Å²) in [4.78, 5) is 34.7. The molecule has 0 unspecified atom stereocenters. The zero-order valence-corrected chi connectivity index (χ0v) is 18.1. The van der Waals surface area contributed by atoms with Gasteiger partial charge in [-0.05, 0) is 33.2 Å². The molecule has 1 aromatic heterocycles. The molecule has 2 heterocycles. The number of hydrogen-bond acceptors (Lipinski definition) is 6. The molecule has 0 aliphatic carbocycles. The monoisotopic (exact) mass is 416 g/mol. The van der Waals surface area contributed by atoms with Gasteiger partial charge in [0.05, 0.1) is 18.7 Å². The van der Waals surface area contributed by atoms with Gasteiger partial charge < -0.3 is 19.4 Å². The van der Waals surface area contributed by atoms with Gasteiger partial charge in [0.1, 0.15) is 17.4 Å². The van der Waals surface area contributed by atoms with Crippen LogP contribution >= 0.6 is 11.3 Å². The van der Waals surface area contributed by atoms with Gasteiger partial charge in [-0.25, -0.2) is 4.98 Å². The van der Waals surface area contributed by atoms with Crippen molar-refractivity contribution in [2.24, 2.45) is 0 Å². The van der Waals surface area contributed by atoms with Gasteiger partial charge in [-0.3, -0.25) is 9.59 Å². The zero-order valence-electron chi connectivity index (χ0n) is 17.3. The van der Waals surface area contributed by atoms with E-state index in [-0.39, 0.29) is 18.2 Å². The molecule has 1 aliphatic heterocycles. The summed E-state index contributed by atoms with van der Waals surface area (Å²) in [5.41, 5.74) is 1.96. The fourth-order valence-corrected chi connectivity index (χ4v) is 3.82. The Morgan fingerprint density at radius 3 is 2.31 bits per heavy atom. The molecule has 8 heteroatoms. The van der Waals surface area contributed by atoms with E-state index in [1.54, 1.807) is 0 Å².